The molecule has 3 nitrogen and oxygen atoms in total. The van der Waals surface area contributed by atoms with Gasteiger partial charge < -0.3 is 10.1 Å². The third-order valence-electron chi connectivity index (χ3n) is 3.90. The third-order valence-corrected chi connectivity index (χ3v) is 3.90. The van der Waals surface area contributed by atoms with Gasteiger partial charge in [0.1, 0.15) is 0 Å². The van der Waals surface area contributed by atoms with Crippen molar-refractivity contribution in [2.45, 2.75) is 45.3 Å². The van der Waals surface area contributed by atoms with Crippen molar-refractivity contribution in [1.29, 1.82) is 0 Å². The summed E-state index contributed by atoms with van der Waals surface area (Å²) in [6.07, 6.45) is 1.14. The Morgan fingerprint density at radius 3 is 2.60 bits per heavy atom. The lowest BCUT2D eigenvalue weighted by molar-refractivity contribution is 0.0770. The van der Waals surface area contributed by atoms with E-state index in [1.54, 1.807) is 7.11 Å². The molecule has 1 aromatic carbocycles. The summed E-state index contributed by atoms with van der Waals surface area (Å²) >= 11 is 0. The summed E-state index contributed by atoms with van der Waals surface area (Å²) < 4.78 is 5.43. The molecular weight excluding hydrogens is 248 g/mol. The van der Waals surface area contributed by atoms with Gasteiger partial charge in [0.15, 0.2) is 0 Å². The van der Waals surface area contributed by atoms with Crippen LogP contribution >= 0.6 is 0 Å². The first-order chi connectivity index (χ1) is 9.49. The molecule has 0 spiro atoms. The van der Waals surface area contributed by atoms with Crippen LogP contribution in [-0.4, -0.2) is 43.3 Å². The van der Waals surface area contributed by atoms with Gasteiger partial charge in [0, 0.05) is 38.3 Å². The van der Waals surface area contributed by atoms with Crippen molar-refractivity contribution in [3.63, 3.8) is 0 Å². The van der Waals surface area contributed by atoms with Crippen LogP contribution in [0.4, 0.5) is 0 Å². The van der Waals surface area contributed by atoms with Gasteiger partial charge in [0.2, 0.25) is 0 Å². The molecule has 0 radical (unpaired) electrons. The normalized spacial score (nSPS) is 17.8. The van der Waals surface area contributed by atoms with Crippen molar-refractivity contribution in [3.8, 4) is 0 Å². The first kappa shape index (κ1) is 15.5. The van der Waals surface area contributed by atoms with Gasteiger partial charge in [-0.1, -0.05) is 24.3 Å². The fourth-order valence-electron chi connectivity index (χ4n) is 2.74. The smallest absolute Gasteiger partial charge is 0.0630 e. The molecule has 1 aliphatic heterocycles. The van der Waals surface area contributed by atoms with Gasteiger partial charge in [-0.25, -0.2) is 0 Å². The maximum absolute atomic E-state index is 5.43. The Labute approximate surface area is 123 Å². The summed E-state index contributed by atoms with van der Waals surface area (Å²) in [7, 11) is 1.79. The highest BCUT2D eigenvalue weighted by Crippen LogP contribution is 2.20. The molecule has 0 saturated carbocycles. The summed E-state index contributed by atoms with van der Waals surface area (Å²) in [5, 5.41) is 3.61. The molecule has 1 atom stereocenters. The first-order valence-corrected chi connectivity index (χ1v) is 7.54. The number of hydrogen-bond donors (Lipinski definition) is 1. The minimum absolute atomic E-state index is 0.152. The summed E-state index contributed by atoms with van der Waals surface area (Å²) in [4.78, 5) is 2.55. The molecule has 0 amide bonds. The summed E-state index contributed by atoms with van der Waals surface area (Å²) in [5.41, 5.74) is 3.12. The Morgan fingerprint density at radius 1 is 1.25 bits per heavy atom. The highest BCUT2D eigenvalue weighted by Gasteiger charge is 2.24. The summed E-state index contributed by atoms with van der Waals surface area (Å²) in [6, 6.07) is 9.23. The number of fused-ring (bicyclic) bond motifs is 1. The standard InChI is InChI=1S/C17H28N2O/c1-17(2,3)18-11-16(13-20-4)19-10-9-14-7-5-6-8-15(14)12-19/h5-8,16,18H,9-13H2,1-4H3. The van der Waals surface area contributed by atoms with E-state index in [2.05, 4.69) is 55.3 Å². The average molecular weight is 276 g/mol. The van der Waals surface area contributed by atoms with Crippen LogP contribution in [0.5, 0.6) is 0 Å². The van der Waals surface area contributed by atoms with E-state index < -0.39 is 0 Å². The zero-order valence-electron chi connectivity index (χ0n) is 13.3. The molecule has 1 aliphatic rings. The van der Waals surface area contributed by atoms with Gasteiger partial charge in [0.05, 0.1) is 6.61 Å². The molecule has 112 valence electrons. The minimum atomic E-state index is 0.152. The van der Waals surface area contributed by atoms with E-state index in [1.165, 1.54) is 11.1 Å². The van der Waals surface area contributed by atoms with Gasteiger partial charge in [-0.2, -0.15) is 0 Å². The van der Waals surface area contributed by atoms with Crippen molar-refractivity contribution in [2.75, 3.05) is 26.8 Å². The van der Waals surface area contributed by atoms with E-state index in [4.69, 9.17) is 4.74 Å². The van der Waals surface area contributed by atoms with Crippen LogP contribution in [0.25, 0.3) is 0 Å². The summed E-state index contributed by atoms with van der Waals surface area (Å²) in [6.45, 7) is 10.5. The van der Waals surface area contributed by atoms with Crippen molar-refractivity contribution >= 4 is 0 Å². The Bertz CT molecular complexity index is 425. The number of rotatable bonds is 5. The van der Waals surface area contributed by atoms with E-state index in [0.29, 0.717) is 6.04 Å². The lowest BCUT2D eigenvalue weighted by Gasteiger charge is -2.37. The zero-order valence-corrected chi connectivity index (χ0v) is 13.3. The largest absolute Gasteiger partial charge is 0.383 e. The molecule has 3 heteroatoms. The Hall–Kier alpha value is -0.900. The van der Waals surface area contributed by atoms with Crippen molar-refractivity contribution < 1.29 is 4.74 Å². The second kappa shape index (κ2) is 6.70. The fraction of sp³-hybridized carbons (Fsp3) is 0.647. The second-order valence-corrected chi connectivity index (χ2v) is 6.73. The molecule has 1 heterocycles. The van der Waals surface area contributed by atoms with E-state index in [1.807, 2.05) is 0 Å². The molecule has 0 aromatic heterocycles. The Balaban J connectivity index is 2.00. The maximum atomic E-state index is 5.43. The van der Waals surface area contributed by atoms with Gasteiger partial charge in [0.25, 0.3) is 0 Å². The molecule has 0 fully saturated rings. The van der Waals surface area contributed by atoms with Gasteiger partial charge in [-0.05, 0) is 38.3 Å². The quantitative estimate of drug-likeness (QED) is 0.894. The Kier molecular flexibility index (Phi) is 5.19. The molecule has 1 aromatic rings. The number of nitrogens with zero attached hydrogens (tertiary/aromatic N) is 1. The van der Waals surface area contributed by atoms with Crippen molar-refractivity contribution in [1.82, 2.24) is 10.2 Å². The minimum Gasteiger partial charge on any atom is -0.383 e. The third kappa shape index (κ3) is 4.30. The fourth-order valence-corrected chi connectivity index (χ4v) is 2.74. The predicted molar refractivity (Wildman–Crippen MR) is 84.0 cm³/mol. The van der Waals surface area contributed by atoms with Crippen LogP contribution in [0.2, 0.25) is 0 Å². The lowest BCUT2D eigenvalue weighted by Crippen LogP contribution is -2.50. The second-order valence-electron chi connectivity index (χ2n) is 6.73. The van der Waals surface area contributed by atoms with E-state index in [9.17, 15) is 0 Å². The molecular formula is C17H28N2O. The number of hydrogen-bond acceptors (Lipinski definition) is 3. The van der Waals surface area contributed by atoms with Crippen LogP contribution in [-0.2, 0) is 17.7 Å². The summed E-state index contributed by atoms with van der Waals surface area (Å²) in [5.74, 6) is 0. The maximum Gasteiger partial charge on any atom is 0.0630 e. The SMILES string of the molecule is COCC(CNC(C)(C)C)N1CCc2ccccc2C1. The van der Waals surface area contributed by atoms with Crippen LogP contribution in [0.3, 0.4) is 0 Å². The number of benzene rings is 1. The first-order valence-electron chi connectivity index (χ1n) is 7.54. The topological polar surface area (TPSA) is 24.5 Å². The highest BCUT2D eigenvalue weighted by atomic mass is 16.5. The number of methoxy groups -OCH3 is 1. The molecule has 1 unspecified atom stereocenters. The van der Waals surface area contributed by atoms with Crippen LogP contribution in [0.15, 0.2) is 24.3 Å². The molecule has 0 saturated heterocycles. The molecule has 0 bridgehead atoms. The van der Waals surface area contributed by atoms with Crippen molar-refractivity contribution in [3.05, 3.63) is 35.4 Å². The zero-order chi connectivity index (χ0) is 14.6. The number of nitrogens with one attached hydrogen (secondary N) is 1. The monoisotopic (exact) mass is 276 g/mol. The predicted octanol–water partition coefficient (Wildman–Crippen LogP) is 2.45. The van der Waals surface area contributed by atoms with Gasteiger partial charge >= 0.3 is 0 Å². The van der Waals surface area contributed by atoms with Crippen LogP contribution in [0, 0.1) is 0 Å². The van der Waals surface area contributed by atoms with Crippen LogP contribution in [0.1, 0.15) is 31.9 Å². The van der Waals surface area contributed by atoms with Gasteiger partial charge in [-0.3, -0.25) is 4.90 Å². The highest BCUT2D eigenvalue weighted by molar-refractivity contribution is 5.29. The van der Waals surface area contributed by atoms with Crippen LogP contribution < -0.4 is 5.32 Å². The molecule has 2 rings (SSSR count). The Morgan fingerprint density at radius 2 is 1.95 bits per heavy atom. The number of ether oxygens (including phenoxy) is 1. The molecule has 1 N–H and O–H groups in total. The lowest BCUT2D eigenvalue weighted by atomic mass is 9.98. The average Bonchev–Trinajstić information content (AvgIpc) is 2.42. The molecule has 20 heavy (non-hydrogen) atoms. The van der Waals surface area contributed by atoms with E-state index in [-0.39, 0.29) is 5.54 Å². The van der Waals surface area contributed by atoms with Gasteiger partial charge in [-0.15, -0.1) is 0 Å². The van der Waals surface area contributed by atoms with E-state index >= 15 is 0 Å². The molecule has 0 aliphatic carbocycles. The van der Waals surface area contributed by atoms with E-state index in [0.717, 1.165) is 32.7 Å². The van der Waals surface area contributed by atoms with Crippen molar-refractivity contribution in [2.24, 2.45) is 0 Å².